The van der Waals surface area contributed by atoms with Gasteiger partial charge in [0, 0.05) is 6.07 Å². The van der Waals surface area contributed by atoms with Crippen molar-refractivity contribution in [2.45, 2.75) is 20.8 Å². The summed E-state index contributed by atoms with van der Waals surface area (Å²) in [6.07, 6.45) is 0. The van der Waals surface area contributed by atoms with Crippen LogP contribution >= 0.6 is 0 Å². The van der Waals surface area contributed by atoms with Crippen molar-refractivity contribution in [2.75, 3.05) is 49.5 Å². The van der Waals surface area contributed by atoms with Gasteiger partial charge in [0.2, 0.25) is 0 Å². The highest BCUT2D eigenvalue weighted by molar-refractivity contribution is 5.95. The molecule has 0 aliphatic carbocycles. The van der Waals surface area contributed by atoms with Crippen LogP contribution in [0.5, 0.6) is 5.75 Å². The van der Waals surface area contributed by atoms with Gasteiger partial charge in [-0.05, 0) is 44.0 Å². The molecule has 8 nitrogen and oxygen atoms in total. The van der Waals surface area contributed by atoms with Crippen LogP contribution in [0.2, 0.25) is 0 Å². The molecule has 1 fully saturated rings. The van der Waals surface area contributed by atoms with Crippen molar-refractivity contribution in [1.29, 1.82) is 0 Å². The minimum atomic E-state index is -0.455. The molecule has 2 aromatic rings. The summed E-state index contributed by atoms with van der Waals surface area (Å²) < 4.78 is 5.73. The van der Waals surface area contributed by atoms with Crippen LogP contribution in [0, 0.1) is 24.0 Å². The molecule has 0 spiro atoms. The van der Waals surface area contributed by atoms with E-state index in [1.165, 1.54) is 6.07 Å². The molecule has 0 saturated carbocycles. The normalized spacial score (nSPS) is 14.4. The fourth-order valence-corrected chi connectivity index (χ4v) is 3.76. The summed E-state index contributed by atoms with van der Waals surface area (Å²) in [5.74, 6) is 0.674. The first-order valence-electron chi connectivity index (χ1n) is 10.3. The van der Waals surface area contributed by atoms with Crippen molar-refractivity contribution < 1.29 is 19.4 Å². The average Bonchev–Trinajstić information content (AvgIpc) is 2.72. The fourth-order valence-electron chi connectivity index (χ4n) is 3.76. The van der Waals surface area contributed by atoms with Crippen molar-refractivity contribution in [3.05, 3.63) is 57.6 Å². The number of nitro benzene ring substituents is 1. The molecule has 3 rings (SSSR count). The highest BCUT2D eigenvalue weighted by Gasteiger charge is 2.26. The number of piperazine rings is 1. The van der Waals surface area contributed by atoms with Crippen LogP contribution in [-0.4, -0.2) is 50.2 Å². The van der Waals surface area contributed by atoms with Gasteiger partial charge in [0.25, 0.3) is 11.6 Å². The minimum absolute atomic E-state index is 0.0706. The first kappa shape index (κ1) is 21.6. The van der Waals surface area contributed by atoms with E-state index in [0.717, 1.165) is 53.6 Å². The summed E-state index contributed by atoms with van der Waals surface area (Å²) in [6, 6.07) is 11.1. The molecule has 2 aromatic carbocycles. The molecule has 1 heterocycles. The number of aryl methyl sites for hydroxylation is 1. The lowest BCUT2D eigenvalue weighted by Gasteiger charge is -2.34. The monoisotopic (exact) mass is 413 g/mol. The lowest BCUT2D eigenvalue weighted by atomic mass is 10.1. The number of benzene rings is 2. The van der Waals surface area contributed by atoms with Gasteiger partial charge in [-0.25, -0.2) is 0 Å². The van der Waals surface area contributed by atoms with Crippen LogP contribution in [0.4, 0.5) is 17.1 Å². The van der Waals surface area contributed by atoms with E-state index in [2.05, 4.69) is 16.3 Å². The van der Waals surface area contributed by atoms with Gasteiger partial charge in [-0.2, -0.15) is 0 Å². The molecule has 0 radical (unpaired) electrons. The highest BCUT2D eigenvalue weighted by atomic mass is 16.6. The molecule has 0 aromatic heterocycles. The number of quaternary nitrogens is 1. The van der Waals surface area contributed by atoms with E-state index in [-0.39, 0.29) is 18.1 Å². The number of nitrogens with one attached hydrogen (secondary N) is 2. The quantitative estimate of drug-likeness (QED) is 0.535. The number of carbonyl (C=O) groups excluding carboxylic acids is 1. The Morgan fingerprint density at radius 3 is 2.57 bits per heavy atom. The van der Waals surface area contributed by atoms with Crippen LogP contribution in [0.3, 0.4) is 0 Å². The van der Waals surface area contributed by atoms with Gasteiger partial charge in [-0.3, -0.25) is 14.9 Å². The zero-order chi connectivity index (χ0) is 21.7. The number of nitro groups is 1. The summed E-state index contributed by atoms with van der Waals surface area (Å²) in [6.45, 7) is 9.78. The van der Waals surface area contributed by atoms with Gasteiger partial charge >= 0.3 is 0 Å². The molecular weight excluding hydrogens is 384 g/mol. The Bertz CT molecular complexity index is 923. The number of hydrogen-bond donors (Lipinski definition) is 2. The van der Waals surface area contributed by atoms with E-state index in [4.69, 9.17) is 4.74 Å². The molecule has 0 unspecified atom stereocenters. The summed E-state index contributed by atoms with van der Waals surface area (Å²) in [4.78, 5) is 26.9. The van der Waals surface area contributed by atoms with E-state index in [1.807, 2.05) is 32.0 Å². The van der Waals surface area contributed by atoms with Gasteiger partial charge in [-0.15, -0.1) is 0 Å². The average molecular weight is 413 g/mol. The van der Waals surface area contributed by atoms with Crippen LogP contribution in [0.1, 0.15) is 18.1 Å². The second kappa shape index (κ2) is 9.58. The van der Waals surface area contributed by atoms with Gasteiger partial charge in [0.1, 0.15) is 11.4 Å². The maximum Gasteiger partial charge on any atom is 0.293 e. The number of para-hydroxylation sites is 2. The van der Waals surface area contributed by atoms with Gasteiger partial charge in [0.05, 0.1) is 43.4 Å². The summed E-state index contributed by atoms with van der Waals surface area (Å²) >= 11 is 0. The lowest BCUT2D eigenvalue weighted by Crippen LogP contribution is -3.15. The number of rotatable bonds is 7. The van der Waals surface area contributed by atoms with Crippen molar-refractivity contribution in [2.24, 2.45) is 0 Å². The predicted octanol–water partition coefficient (Wildman–Crippen LogP) is 1.95. The topological polar surface area (TPSA) is 89.2 Å². The number of hydrogen-bond acceptors (Lipinski definition) is 5. The molecule has 0 bridgehead atoms. The molecule has 30 heavy (non-hydrogen) atoms. The largest absolute Gasteiger partial charge is 0.492 e. The maximum atomic E-state index is 12.6. The molecule has 0 atom stereocenters. The Balaban J connectivity index is 1.61. The van der Waals surface area contributed by atoms with Crippen LogP contribution < -0.4 is 19.9 Å². The Labute approximate surface area is 176 Å². The zero-order valence-electron chi connectivity index (χ0n) is 17.7. The Hall–Kier alpha value is -3.13. The SMILES string of the molecule is CCOc1ccccc1N1CC[NH+](CC(=O)Nc2c([N+](=O)[O-])ccc(C)c2C)CC1. The second-order valence-electron chi connectivity index (χ2n) is 7.52. The van der Waals surface area contributed by atoms with E-state index >= 15 is 0 Å². The molecule has 1 aliphatic rings. The third kappa shape index (κ3) is 4.88. The lowest BCUT2D eigenvalue weighted by molar-refractivity contribution is -0.892. The van der Waals surface area contributed by atoms with Gasteiger partial charge in [0.15, 0.2) is 6.54 Å². The second-order valence-corrected chi connectivity index (χ2v) is 7.52. The summed E-state index contributed by atoms with van der Waals surface area (Å²) in [5.41, 5.74) is 2.94. The van der Waals surface area contributed by atoms with Crippen molar-refractivity contribution in [3.63, 3.8) is 0 Å². The van der Waals surface area contributed by atoms with E-state index < -0.39 is 4.92 Å². The molecule has 8 heteroatoms. The van der Waals surface area contributed by atoms with E-state index in [0.29, 0.717) is 12.3 Å². The molecule has 2 N–H and O–H groups in total. The minimum Gasteiger partial charge on any atom is -0.492 e. The number of carbonyl (C=O) groups is 1. The zero-order valence-corrected chi connectivity index (χ0v) is 17.7. The van der Waals surface area contributed by atoms with Crippen LogP contribution in [-0.2, 0) is 4.79 Å². The predicted molar refractivity (Wildman–Crippen MR) is 117 cm³/mol. The number of anilines is 2. The summed E-state index contributed by atoms with van der Waals surface area (Å²) in [5, 5.41) is 14.1. The maximum absolute atomic E-state index is 12.6. The van der Waals surface area contributed by atoms with Crippen LogP contribution in [0.15, 0.2) is 36.4 Å². The fraction of sp³-hybridized carbons (Fsp3) is 0.409. The number of amides is 1. The highest BCUT2D eigenvalue weighted by Crippen LogP contribution is 2.30. The van der Waals surface area contributed by atoms with E-state index in [1.54, 1.807) is 13.0 Å². The molecule has 1 saturated heterocycles. The number of ether oxygens (including phenoxy) is 1. The van der Waals surface area contributed by atoms with Crippen molar-refractivity contribution >= 4 is 23.0 Å². The van der Waals surface area contributed by atoms with Gasteiger partial charge < -0.3 is 19.9 Å². The van der Waals surface area contributed by atoms with Crippen LogP contribution in [0.25, 0.3) is 0 Å². The van der Waals surface area contributed by atoms with Crippen molar-refractivity contribution in [3.8, 4) is 5.75 Å². The number of nitrogens with zero attached hydrogens (tertiary/aromatic N) is 2. The van der Waals surface area contributed by atoms with Gasteiger partial charge in [-0.1, -0.05) is 18.2 Å². The third-order valence-corrected chi connectivity index (χ3v) is 5.56. The standard InChI is InChI=1S/C22H28N4O4/c1-4-30-20-8-6-5-7-18(20)25-13-11-24(12-14-25)15-21(27)23-22-17(3)16(2)9-10-19(22)26(28)29/h5-10H,4,11-15H2,1-3H3,(H,23,27)/p+1. The molecule has 160 valence electrons. The first-order chi connectivity index (χ1) is 14.4. The van der Waals surface area contributed by atoms with Crippen molar-refractivity contribution in [1.82, 2.24) is 0 Å². The molecule has 1 aliphatic heterocycles. The Morgan fingerprint density at radius 2 is 1.90 bits per heavy atom. The summed E-state index contributed by atoms with van der Waals surface area (Å²) in [7, 11) is 0. The molecular formula is C22H29N4O4+. The smallest absolute Gasteiger partial charge is 0.293 e. The Morgan fingerprint density at radius 1 is 1.20 bits per heavy atom. The molecule has 1 amide bonds. The third-order valence-electron chi connectivity index (χ3n) is 5.56. The van der Waals surface area contributed by atoms with E-state index in [9.17, 15) is 14.9 Å². The Kier molecular flexibility index (Phi) is 6.89. The first-order valence-corrected chi connectivity index (χ1v) is 10.3.